The van der Waals surface area contributed by atoms with Gasteiger partial charge in [0.15, 0.2) is 0 Å². The molecule has 0 aromatic carbocycles. The van der Waals surface area contributed by atoms with E-state index in [4.69, 9.17) is 5.73 Å². The molecule has 0 atom stereocenters. The minimum atomic E-state index is 0.0853. The third kappa shape index (κ3) is 5.83. The maximum atomic E-state index is 10.9. The fourth-order valence-electron chi connectivity index (χ4n) is 2.27. The van der Waals surface area contributed by atoms with E-state index in [1.54, 1.807) is 6.92 Å². The van der Waals surface area contributed by atoms with E-state index in [-0.39, 0.29) is 11.3 Å². The minimum Gasteiger partial charge on any atom is -0.356 e. The van der Waals surface area contributed by atoms with E-state index in [0.29, 0.717) is 5.92 Å². The van der Waals surface area contributed by atoms with Gasteiger partial charge in [-0.1, -0.05) is 13.8 Å². The molecule has 1 heterocycles. The average molecular weight is 255 g/mol. The Morgan fingerprint density at radius 2 is 2.00 bits per heavy atom. The summed E-state index contributed by atoms with van der Waals surface area (Å²) in [5, 5.41) is 2.92. The Kier molecular flexibility index (Phi) is 6.09. The highest BCUT2D eigenvalue weighted by Crippen LogP contribution is 2.21. The number of nitrogens with zero attached hydrogens (tertiary/aromatic N) is 1. The molecular weight excluding hydrogens is 226 g/mol. The summed E-state index contributed by atoms with van der Waals surface area (Å²) in [6, 6.07) is 0. The Hall–Kier alpha value is -0.610. The van der Waals surface area contributed by atoms with Gasteiger partial charge in [-0.15, -0.1) is 0 Å². The topological polar surface area (TPSA) is 58.4 Å². The Bertz CT molecular complexity index is 258. The van der Waals surface area contributed by atoms with E-state index >= 15 is 0 Å². The highest BCUT2D eigenvalue weighted by molar-refractivity contribution is 5.72. The summed E-state index contributed by atoms with van der Waals surface area (Å²) in [6.45, 7) is 11.1. The van der Waals surface area contributed by atoms with Crippen molar-refractivity contribution in [3.8, 4) is 0 Å². The van der Waals surface area contributed by atoms with E-state index in [1.165, 1.54) is 19.3 Å². The third-order valence-electron chi connectivity index (χ3n) is 4.00. The molecule has 4 heteroatoms. The number of carbonyl (C=O) groups is 1. The van der Waals surface area contributed by atoms with Gasteiger partial charge in [-0.2, -0.15) is 0 Å². The fourth-order valence-corrected chi connectivity index (χ4v) is 2.27. The predicted octanol–water partition coefficient (Wildman–Crippen LogP) is 1.21. The second-order valence-electron chi connectivity index (χ2n) is 6.34. The quantitative estimate of drug-likeness (QED) is 0.750. The number of amides is 1. The van der Waals surface area contributed by atoms with Crippen LogP contribution >= 0.6 is 0 Å². The van der Waals surface area contributed by atoms with E-state index in [0.717, 1.165) is 32.7 Å². The van der Waals surface area contributed by atoms with Gasteiger partial charge in [-0.3, -0.25) is 4.79 Å². The number of nitrogens with one attached hydrogen (secondary N) is 1. The van der Waals surface area contributed by atoms with E-state index < -0.39 is 0 Å². The van der Waals surface area contributed by atoms with Gasteiger partial charge < -0.3 is 16.0 Å². The van der Waals surface area contributed by atoms with Crippen molar-refractivity contribution in [1.29, 1.82) is 0 Å². The summed E-state index contributed by atoms with van der Waals surface area (Å²) >= 11 is 0. The summed E-state index contributed by atoms with van der Waals surface area (Å²) in [6.07, 6.45) is 3.56. The first-order valence-corrected chi connectivity index (χ1v) is 7.10. The van der Waals surface area contributed by atoms with Crippen LogP contribution in [0.25, 0.3) is 0 Å². The lowest BCUT2D eigenvalue weighted by molar-refractivity contribution is -0.119. The molecule has 1 fully saturated rings. The maximum Gasteiger partial charge on any atom is 0.216 e. The molecule has 0 spiro atoms. The molecule has 1 rings (SSSR count). The number of hydrogen-bond acceptors (Lipinski definition) is 3. The Balaban J connectivity index is 2.17. The van der Waals surface area contributed by atoms with E-state index in [9.17, 15) is 4.79 Å². The van der Waals surface area contributed by atoms with Crippen LogP contribution in [0.2, 0.25) is 0 Å². The van der Waals surface area contributed by atoms with E-state index in [2.05, 4.69) is 24.1 Å². The van der Waals surface area contributed by atoms with Crippen LogP contribution in [0.3, 0.4) is 0 Å². The lowest BCUT2D eigenvalue weighted by Gasteiger charge is -2.34. The van der Waals surface area contributed by atoms with Crippen molar-refractivity contribution in [3.05, 3.63) is 0 Å². The standard InChI is InChI=1S/C14H29N3O/c1-12(18)16-10-13-4-7-17(8-5-13)9-6-14(2,3)11-15/h13H,4-11,15H2,1-3H3,(H,16,18). The van der Waals surface area contributed by atoms with Crippen molar-refractivity contribution in [1.82, 2.24) is 10.2 Å². The first kappa shape index (κ1) is 15.4. The van der Waals surface area contributed by atoms with Crippen molar-refractivity contribution in [2.45, 2.75) is 40.0 Å². The SMILES string of the molecule is CC(=O)NCC1CCN(CCC(C)(C)CN)CC1. The highest BCUT2D eigenvalue weighted by atomic mass is 16.1. The first-order chi connectivity index (χ1) is 8.43. The molecule has 3 N–H and O–H groups in total. The predicted molar refractivity (Wildman–Crippen MR) is 75.3 cm³/mol. The molecule has 4 nitrogen and oxygen atoms in total. The summed E-state index contributed by atoms with van der Waals surface area (Å²) < 4.78 is 0. The molecule has 0 aromatic rings. The molecule has 1 aliphatic rings. The zero-order valence-corrected chi connectivity index (χ0v) is 12.2. The second-order valence-corrected chi connectivity index (χ2v) is 6.34. The van der Waals surface area contributed by atoms with Gasteiger partial charge in [0.2, 0.25) is 5.91 Å². The highest BCUT2D eigenvalue weighted by Gasteiger charge is 2.22. The Labute approximate surface area is 111 Å². The largest absolute Gasteiger partial charge is 0.356 e. The molecule has 0 aromatic heterocycles. The van der Waals surface area contributed by atoms with Gasteiger partial charge in [0.25, 0.3) is 0 Å². The summed E-state index contributed by atoms with van der Waals surface area (Å²) in [7, 11) is 0. The molecular formula is C14H29N3O. The zero-order chi connectivity index (χ0) is 13.6. The fraction of sp³-hybridized carbons (Fsp3) is 0.929. The summed E-state index contributed by atoms with van der Waals surface area (Å²) in [5.41, 5.74) is 6.01. The molecule has 0 unspecified atom stereocenters. The van der Waals surface area contributed by atoms with Crippen molar-refractivity contribution in [2.75, 3.05) is 32.7 Å². The Morgan fingerprint density at radius 3 is 2.50 bits per heavy atom. The molecule has 0 bridgehead atoms. The molecule has 1 amide bonds. The van der Waals surface area contributed by atoms with Gasteiger partial charge in [-0.25, -0.2) is 0 Å². The first-order valence-electron chi connectivity index (χ1n) is 7.10. The van der Waals surface area contributed by atoms with Crippen LogP contribution in [-0.2, 0) is 4.79 Å². The average Bonchev–Trinajstić information content (AvgIpc) is 2.35. The number of hydrogen-bond donors (Lipinski definition) is 2. The van der Waals surface area contributed by atoms with Crippen LogP contribution in [-0.4, -0.2) is 43.5 Å². The van der Waals surface area contributed by atoms with Crippen LogP contribution in [0.1, 0.15) is 40.0 Å². The summed E-state index contributed by atoms with van der Waals surface area (Å²) in [4.78, 5) is 13.4. The van der Waals surface area contributed by atoms with Crippen LogP contribution in [0.4, 0.5) is 0 Å². The lowest BCUT2D eigenvalue weighted by atomic mass is 9.88. The van der Waals surface area contributed by atoms with Crippen molar-refractivity contribution in [2.24, 2.45) is 17.1 Å². The normalized spacial score (nSPS) is 18.9. The van der Waals surface area contributed by atoms with Crippen LogP contribution in [0, 0.1) is 11.3 Å². The smallest absolute Gasteiger partial charge is 0.216 e. The van der Waals surface area contributed by atoms with Crippen molar-refractivity contribution in [3.63, 3.8) is 0 Å². The molecule has 0 saturated carbocycles. The third-order valence-corrected chi connectivity index (χ3v) is 4.00. The van der Waals surface area contributed by atoms with Crippen molar-refractivity contribution >= 4 is 5.91 Å². The Morgan fingerprint density at radius 1 is 1.39 bits per heavy atom. The van der Waals surface area contributed by atoms with Crippen LogP contribution in [0.5, 0.6) is 0 Å². The van der Waals surface area contributed by atoms with Gasteiger partial charge in [0, 0.05) is 13.5 Å². The maximum absolute atomic E-state index is 10.9. The summed E-state index contributed by atoms with van der Waals surface area (Å²) in [5.74, 6) is 0.745. The number of nitrogens with two attached hydrogens (primary N) is 1. The number of carbonyl (C=O) groups excluding carboxylic acids is 1. The van der Waals surface area contributed by atoms with Gasteiger partial charge >= 0.3 is 0 Å². The zero-order valence-electron chi connectivity index (χ0n) is 12.2. The number of piperidine rings is 1. The molecule has 1 saturated heterocycles. The van der Waals surface area contributed by atoms with Crippen LogP contribution < -0.4 is 11.1 Å². The lowest BCUT2D eigenvalue weighted by Crippen LogP contribution is -2.40. The van der Waals surface area contributed by atoms with Crippen molar-refractivity contribution < 1.29 is 4.79 Å². The molecule has 18 heavy (non-hydrogen) atoms. The minimum absolute atomic E-state index is 0.0853. The molecule has 1 aliphatic heterocycles. The monoisotopic (exact) mass is 255 g/mol. The molecule has 0 aliphatic carbocycles. The van der Waals surface area contributed by atoms with Gasteiger partial charge in [0.1, 0.15) is 0 Å². The molecule has 0 radical (unpaired) electrons. The number of likely N-dealkylation sites (tertiary alicyclic amines) is 1. The van der Waals surface area contributed by atoms with Gasteiger partial charge in [-0.05, 0) is 56.8 Å². The second kappa shape index (κ2) is 7.10. The number of rotatable bonds is 6. The molecule has 106 valence electrons. The van der Waals surface area contributed by atoms with Crippen LogP contribution in [0.15, 0.2) is 0 Å². The van der Waals surface area contributed by atoms with E-state index in [1.807, 2.05) is 0 Å². The van der Waals surface area contributed by atoms with Gasteiger partial charge in [0.05, 0.1) is 0 Å².